The van der Waals surface area contributed by atoms with Crippen LogP contribution in [-0.2, 0) is 35.5 Å². The van der Waals surface area contributed by atoms with Crippen LogP contribution < -0.4 is 4.74 Å². The first-order valence-electron chi connectivity index (χ1n) is 8.80. The van der Waals surface area contributed by atoms with Gasteiger partial charge in [0.15, 0.2) is 6.79 Å². The monoisotopic (exact) mass is 389 g/mol. The molecule has 0 N–H and O–H groups in total. The average Bonchev–Trinajstić information content (AvgIpc) is 3.08. The van der Waals surface area contributed by atoms with E-state index in [1.807, 2.05) is 5.38 Å². The smallest absolute Gasteiger partial charge is 0.339 e. The van der Waals surface area contributed by atoms with Gasteiger partial charge in [0.05, 0.1) is 17.1 Å². The summed E-state index contributed by atoms with van der Waals surface area (Å²) in [5.41, 5.74) is 2.70. The van der Waals surface area contributed by atoms with Gasteiger partial charge in [0, 0.05) is 33.5 Å². The zero-order chi connectivity index (χ0) is 19.0. The van der Waals surface area contributed by atoms with Crippen molar-refractivity contribution < 1.29 is 23.9 Å². The Morgan fingerprint density at radius 2 is 2.30 bits per heavy atom. The second-order valence-corrected chi connectivity index (χ2v) is 7.90. The van der Waals surface area contributed by atoms with Gasteiger partial charge in [0.1, 0.15) is 12.4 Å². The molecule has 1 aromatic carbocycles. The average molecular weight is 389 g/mol. The van der Waals surface area contributed by atoms with Crippen molar-refractivity contribution in [3.05, 3.63) is 54.8 Å². The molecule has 2 heterocycles. The van der Waals surface area contributed by atoms with E-state index in [2.05, 4.69) is 6.92 Å². The number of hydrogen-bond donors (Lipinski definition) is 0. The minimum atomic E-state index is -0.476. The molecule has 2 aliphatic rings. The van der Waals surface area contributed by atoms with E-state index in [0.29, 0.717) is 28.4 Å². The first kappa shape index (κ1) is 17.9. The van der Waals surface area contributed by atoms with E-state index >= 15 is 0 Å². The zero-order valence-corrected chi connectivity index (χ0v) is 15.7. The number of carbonyl (C=O) groups is 1. The molecule has 0 radical (unpaired) electrons. The molecule has 2 aromatic rings. The summed E-state index contributed by atoms with van der Waals surface area (Å²) in [5, 5.41) is 13.0. The van der Waals surface area contributed by atoms with Crippen LogP contribution in [0.3, 0.4) is 0 Å². The molecule has 0 bridgehead atoms. The molecule has 27 heavy (non-hydrogen) atoms. The molecule has 1 aliphatic heterocycles. The van der Waals surface area contributed by atoms with Crippen LogP contribution in [0.1, 0.15) is 45.3 Å². The van der Waals surface area contributed by atoms with Gasteiger partial charge in [-0.1, -0.05) is 6.92 Å². The highest BCUT2D eigenvalue weighted by Gasteiger charge is 2.25. The summed E-state index contributed by atoms with van der Waals surface area (Å²) < 4.78 is 16.2. The lowest BCUT2D eigenvalue weighted by atomic mass is 9.88. The highest BCUT2D eigenvalue weighted by Crippen LogP contribution is 2.35. The molecule has 0 unspecified atom stereocenters. The third kappa shape index (κ3) is 3.54. The van der Waals surface area contributed by atoms with Crippen molar-refractivity contribution >= 4 is 23.0 Å². The van der Waals surface area contributed by atoms with Gasteiger partial charge >= 0.3 is 5.97 Å². The van der Waals surface area contributed by atoms with Crippen molar-refractivity contribution in [2.75, 3.05) is 6.79 Å². The lowest BCUT2D eigenvalue weighted by Gasteiger charge is -2.21. The van der Waals surface area contributed by atoms with Crippen LogP contribution in [0.4, 0.5) is 5.69 Å². The summed E-state index contributed by atoms with van der Waals surface area (Å²) in [6.45, 7) is 2.44. The zero-order valence-electron chi connectivity index (χ0n) is 14.9. The number of fused-ring (bicyclic) bond motifs is 2. The maximum Gasteiger partial charge on any atom is 0.339 e. The number of ether oxygens (including phenoxy) is 3. The number of nitro benzene ring substituents is 1. The largest absolute Gasteiger partial charge is 0.467 e. The van der Waals surface area contributed by atoms with Crippen LogP contribution in [0, 0.1) is 16.0 Å². The fraction of sp³-hybridized carbons (Fsp3) is 0.421. The Balaban J connectivity index is 1.54. The van der Waals surface area contributed by atoms with E-state index in [-0.39, 0.29) is 25.7 Å². The van der Waals surface area contributed by atoms with E-state index in [0.717, 1.165) is 24.8 Å². The van der Waals surface area contributed by atoms with Crippen LogP contribution in [-0.4, -0.2) is 17.7 Å². The second-order valence-electron chi connectivity index (χ2n) is 6.94. The number of nitro groups is 1. The van der Waals surface area contributed by atoms with E-state index in [9.17, 15) is 14.9 Å². The number of carbonyl (C=O) groups excluding carboxylic acids is 1. The third-order valence-electron chi connectivity index (χ3n) is 4.96. The number of thiophene rings is 1. The standard InChI is InChI=1S/C19H19NO6S/c1-11-2-3-15-16(9-27-17(15)4-11)19(21)25-8-13-6-14(20(22)23)5-12-7-24-10-26-18(12)13/h5-6,9,11H,2-4,7-8,10H2,1H3/t11-/m1/s1. The van der Waals surface area contributed by atoms with Crippen LogP contribution in [0.2, 0.25) is 0 Å². The number of hydrogen-bond acceptors (Lipinski definition) is 7. The summed E-state index contributed by atoms with van der Waals surface area (Å²) in [6, 6.07) is 2.82. The van der Waals surface area contributed by atoms with E-state index in [1.54, 1.807) is 11.3 Å². The number of rotatable bonds is 4. The molecule has 4 rings (SSSR count). The van der Waals surface area contributed by atoms with Gasteiger partial charge in [0.2, 0.25) is 0 Å². The number of esters is 1. The predicted octanol–water partition coefficient (Wildman–Crippen LogP) is 4.00. The van der Waals surface area contributed by atoms with Crippen LogP contribution >= 0.6 is 11.3 Å². The topological polar surface area (TPSA) is 87.9 Å². The van der Waals surface area contributed by atoms with Gasteiger partial charge in [-0.3, -0.25) is 10.1 Å². The van der Waals surface area contributed by atoms with Crippen molar-refractivity contribution in [2.24, 2.45) is 5.92 Å². The summed E-state index contributed by atoms with van der Waals surface area (Å²) in [7, 11) is 0. The van der Waals surface area contributed by atoms with Crippen molar-refractivity contribution in [3.63, 3.8) is 0 Å². The lowest BCUT2D eigenvalue weighted by molar-refractivity contribution is -0.385. The van der Waals surface area contributed by atoms with Crippen LogP contribution in [0.25, 0.3) is 0 Å². The first-order chi connectivity index (χ1) is 13.0. The molecule has 1 aliphatic carbocycles. The van der Waals surface area contributed by atoms with E-state index < -0.39 is 10.9 Å². The third-order valence-corrected chi connectivity index (χ3v) is 6.01. The van der Waals surface area contributed by atoms with Crippen molar-refractivity contribution in [1.82, 2.24) is 0 Å². The molecule has 0 saturated carbocycles. The van der Waals surface area contributed by atoms with Crippen LogP contribution in [0.5, 0.6) is 5.75 Å². The lowest BCUT2D eigenvalue weighted by Crippen LogP contribution is -2.16. The molecule has 1 atom stereocenters. The van der Waals surface area contributed by atoms with Crippen molar-refractivity contribution in [2.45, 2.75) is 39.4 Å². The Morgan fingerprint density at radius 3 is 3.11 bits per heavy atom. The highest BCUT2D eigenvalue weighted by atomic mass is 32.1. The minimum absolute atomic E-state index is 0.0714. The SMILES string of the molecule is C[C@@H]1CCc2c(C(=O)OCc3cc([N+](=O)[O-])cc4c3OCOC4)csc2C1. The quantitative estimate of drug-likeness (QED) is 0.446. The van der Waals surface area contributed by atoms with Crippen LogP contribution in [0.15, 0.2) is 17.5 Å². The summed E-state index contributed by atoms with van der Waals surface area (Å²) in [4.78, 5) is 24.6. The molecule has 0 fully saturated rings. The number of nitrogens with zero attached hydrogens (tertiary/aromatic N) is 1. The second kappa shape index (κ2) is 7.28. The Hall–Kier alpha value is -2.45. The molecule has 8 heteroatoms. The van der Waals surface area contributed by atoms with Gasteiger partial charge in [-0.15, -0.1) is 11.3 Å². The molecule has 0 amide bonds. The molecule has 7 nitrogen and oxygen atoms in total. The van der Waals surface area contributed by atoms with Gasteiger partial charge in [-0.05, 0) is 30.7 Å². The summed E-state index contributed by atoms with van der Waals surface area (Å²) in [6.07, 6.45) is 2.95. The summed E-state index contributed by atoms with van der Waals surface area (Å²) >= 11 is 1.60. The number of non-ortho nitro benzene ring substituents is 1. The number of benzene rings is 1. The molecular formula is C19H19NO6S. The first-order valence-corrected chi connectivity index (χ1v) is 9.68. The fourth-order valence-electron chi connectivity index (χ4n) is 3.56. The molecule has 0 spiro atoms. The normalized spacial score (nSPS) is 18.2. The minimum Gasteiger partial charge on any atom is -0.467 e. The Bertz CT molecular complexity index is 906. The fourth-order valence-corrected chi connectivity index (χ4v) is 4.80. The Labute approximate surface area is 160 Å². The van der Waals surface area contributed by atoms with E-state index in [1.165, 1.54) is 17.0 Å². The van der Waals surface area contributed by atoms with Gasteiger partial charge in [0.25, 0.3) is 5.69 Å². The van der Waals surface area contributed by atoms with Crippen molar-refractivity contribution in [1.29, 1.82) is 0 Å². The van der Waals surface area contributed by atoms with Gasteiger partial charge in [-0.25, -0.2) is 4.79 Å². The van der Waals surface area contributed by atoms with Gasteiger partial charge in [-0.2, -0.15) is 0 Å². The maximum atomic E-state index is 12.6. The molecule has 142 valence electrons. The Morgan fingerprint density at radius 1 is 1.44 bits per heavy atom. The predicted molar refractivity (Wildman–Crippen MR) is 98.0 cm³/mol. The van der Waals surface area contributed by atoms with Gasteiger partial charge < -0.3 is 14.2 Å². The molecule has 0 saturated heterocycles. The summed E-state index contributed by atoms with van der Waals surface area (Å²) in [5.74, 6) is 0.742. The van der Waals surface area contributed by atoms with E-state index in [4.69, 9.17) is 14.2 Å². The Kier molecular flexibility index (Phi) is 4.84. The maximum absolute atomic E-state index is 12.6. The van der Waals surface area contributed by atoms with Crippen molar-refractivity contribution in [3.8, 4) is 5.75 Å². The molecule has 1 aromatic heterocycles. The highest BCUT2D eigenvalue weighted by molar-refractivity contribution is 7.10. The molecular weight excluding hydrogens is 370 g/mol.